The number of rotatable bonds is 4. The van der Waals surface area contributed by atoms with Crippen molar-refractivity contribution in [3.63, 3.8) is 0 Å². The fourth-order valence-corrected chi connectivity index (χ4v) is 4.75. The van der Waals surface area contributed by atoms with Crippen molar-refractivity contribution in [2.45, 2.75) is 58.9 Å². The van der Waals surface area contributed by atoms with E-state index in [1.807, 2.05) is 4.90 Å². The smallest absolute Gasteiger partial charge is 0.297 e. The molecule has 7 nitrogen and oxygen atoms in total. The van der Waals surface area contributed by atoms with Crippen LogP contribution in [0, 0.1) is 5.92 Å². The fourth-order valence-electron chi connectivity index (χ4n) is 4.75. The second kappa shape index (κ2) is 6.97. The fraction of sp³-hybridized carbons (Fsp3) is 0.545. The molecule has 0 atom stereocenters. The molecule has 7 heteroatoms. The number of pyridine rings is 1. The van der Waals surface area contributed by atoms with Crippen LogP contribution in [0.5, 0.6) is 0 Å². The Bertz CT molecular complexity index is 1170. The molecular weight excluding hydrogens is 368 g/mol. The molecule has 1 aliphatic heterocycles. The molecular formula is C22H26N4O3. The van der Waals surface area contributed by atoms with Crippen molar-refractivity contribution in [2.75, 3.05) is 13.1 Å². The lowest BCUT2D eigenvalue weighted by Gasteiger charge is -2.15. The first-order valence-corrected chi connectivity index (χ1v) is 10.6. The Labute approximate surface area is 168 Å². The number of hydrogen-bond donors (Lipinski definition) is 0. The summed E-state index contributed by atoms with van der Waals surface area (Å²) >= 11 is 0. The first kappa shape index (κ1) is 18.3. The Hall–Kier alpha value is -2.70. The summed E-state index contributed by atoms with van der Waals surface area (Å²) in [5.41, 5.74) is 4.62. The summed E-state index contributed by atoms with van der Waals surface area (Å²) in [6.45, 7) is 5.90. The summed E-state index contributed by atoms with van der Waals surface area (Å²) in [5.74, 6) is 0.459. The highest BCUT2D eigenvalue weighted by molar-refractivity contribution is 6.03. The van der Waals surface area contributed by atoms with E-state index in [-0.39, 0.29) is 23.6 Å². The Morgan fingerprint density at radius 3 is 2.69 bits per heavy atom. The molecule has 0 radical (unpaired) electrons. The average Bonchev–Trinajstić information content (AvgIpc) is 3.42. The first-order chi connectivity index (χ1) is 14.0. The summed E-state index contributed by atoms with van der Waals surface area (Å²) in [4.78, 5) is 36.6. The van der Waals surface area contributed by atoms with Gasteiger partial charge in [-0.05, 0) is 55.6 Å². The van der Waals surface area contributed by atoms with Crippen LogP contribution in [-0.4, -0.2) is 38.4 Å². The molecule has 152 valence electrons. The third-order valence-corrected chi connectivity index (χ3v) is 6.12. The summed E-state index contributed by atoms with van der Waals surface area (Å²) in [6.07, 6.45) is 7.51. The molecule has 1 saturated heterocycles. The van der Waals surface area contributed by atoms with Gasteiger partial charge in [-0.15, -0.1) is 0 Å². The van der Waals surface area contributed by atoms with Gasteiger partial charge in [0.1, 0.15) is 12.1 Å². The quantitative estimate of drug-likeness (QED) is 0.680. The number of likely N-dealkylation sites (tertiary alicyclic amines) is 1. The maximum absolute atomic E-state index is 13.0. The van der Waals surface area contributed by atoms with Crippen molar-refractivity contribution >= 4 is 28.1 Å². The number of amides is 1. The highest BCUT2D eigenvalue weighted by atomic mass is 16.3. The third kappa shape index (κ3) is 3.03. The van der Waals surface area contributed by atoms with E-state index in [9.17, 15) is 9.59 Å². The van der Waals surface area contributed by atoms with Crippen molar-refractivity contribution in [3.05, 3.63) is 33.5 Å². The Morgan fingerprint density at radius 2 is 1.93 bits per heavy atom. The number of hydrogen-bond acceptors (Lipinski definition) is 5. The van der Waals surface area contributed by atoms with Gasteiger partial charge in [0.05, 0.1) is 11.7 Å². The SMILES string of the molecule is CC(C)Cc1nc2oc3c(=O)n(CC(=O)N4CCCC4)cnc3c2c2c1CCC2. The number of aryl methyl sites for hydroxylation is 1. The minimum atomic E-state index is -0.308. The van der Waals surface area contributed by atoms with Crippen LogP contribution in [0.1, 0.15) is 49.9 Å². The van der Waals surface area contributed by atoms with Crippen molar-refractivity contribution in [2.24, 2.45) is 5.92 Å². The zero-order valence-electron chi connectivity index (χ0n) is 17.0. The van der Waals surface area contributed by atoms with Gasteiger partial charge in [-0.2, -0.15) is 0 Å². The van der Waals surface area contributed by atoms with Crippen LogP contribution in [0.15, 0.2) is 15.5 Å². The van der Waals surface area contributed by atoms with Crippen LogP contribution < -0.4 is 5.56 Å². The van der Waals surface area contributed by atoms with Crippen molar-refractivity contribution in [1.29, 1.82) is 0 Å². The molecule has 2 aliphatic rings. The molecule has 1 amide bonds. The van der Waals surface area contributed by atoms with Crippen LogP contribution in [0.3, 0.4) is 0 Å². The summed E-state index contributed by atoms with van der Waals surface area (Å²) in [6, 6.07) is 0. The van der Waals surface area contributed by atoms with E-state index in [1.165, 1.54) is 22.0 Å². The van der Waals surface area contributed by atoms with Crippen molar-refractivity contribution in [3.8, 4) is 0 Å². The molecule has 1 fully saturated rings. The molecule has 1 aliphatic carbocycles. The number of carbonyl (C=O) groups excluding carboxylic acids is 1. The lowest BCUT2D eigenvalue weighted by molar-refractivity contribution is -0.130. The van der Waals surface area contributed by atoms with Crippen molar-refractivity contribution < 1.29 is 9.21 Å². The van der Waals surface area contributed by atoms with E-state index < -0.39 is 0 Å². The van der Waals surface area contributed by atoms with E-state index in [4.69, 9.17) is 9.40 Å². The summed E-state index contributed by atoms with van der Waals surface area (Å²) < 4.78 is 7.31. The van der Waals surface area contributed by atoms with Crippen LogP contribution in [0.25, 0.3) is 22.2 Å². The topological polar surface area (TPSA) is 81.2 Å². The molecule has 0 saturated carbocycles. The normalized spacial score (nSPS) is 16.4. The molecule has 29 heavy (non-hydrogen) atoms. The van der Waals surface area contributed by atoms with Gasteiger partial charge in [0.2, 0.25) is 17.2 Å². The highest BCUT2D eigenvalue weighted by Crippen LogP contribution is 2.36. The van der Waals surface area contributed by atoms with Crippen LogP contribution in [0.2, 0.25) is 0 Å². The van der Waals surface area contributed by atoms with E-state index in [0.29, 0.717) is 17.1 Å². The average molecular weight is 394 g/mol. The predicted molar refractivity (Wildman–Crippen MR) is 110 cm³/mol. The lowest BCUT2D eigenvalue weighted by Crippen LogP contribution is -2.34. The second-order valence-corrected chi connectivity index (χ2v) is 8.69. The number of furan rings is 1. The van der Waals surface area contributed by atoms with Gasteiger partial charge in [-0.25, -0.2) is 9.97 Å². The zero-order valence-corrected chi connectivity index (χ0v) is 17.0. The third-order valence-electron chi connectivity index (χ3n) is 6.12. The van der Waals surface area contributed by atoms with E-state index in [1.54, 1.807) is 0 Å². The Balaban J connectivity index is 1.61. The van der Waals surface area contributed by atoms with E-state index in [2.05, 4.69) is 18.8 Å². The van der Waals surface area contributed by atoms with Gasteiger partial charge >= 0.3 is 0 Å². The van der Waals surface area contributed by atoms with Crippen LogP contribution >= 0.6 is 0 Å². The van der Waals surface area contributed by atoms with Crippen LogP contribution in [-0.2, 0) is 30.6 Å². The molecule has 0 bridgehead atoms. The first-order valence-electron chi connectivity index (χ1n) is 10.6. The predicted octanol–water partition coefficient (Wildman–Crippen LogP) is 2.85. The number of aromatic nitrogens is 3. The molecule has 0 unspecified atom stereocenters. The standard InChI is InChI=1S/C22H26N4O3/c1-13(2)10-16-14-6-5-7-15(14)18-19-20(29-21(18)24-16)22(28)26(12-23-19)11-17(27)25-8-3-4-9-25/h12-13H,3-11H2,1-2H3. The number of fused-ring (bicyclic) bond motifs is 5. The minimum Gasteiger partial charge on any atom is -0.430 e. The molecule has 3 aromatic rings. The summed E-state index contributed by atoms with van der Waals surface area (Å²) in [5, 5.41) is 0.884. The number of carbonyl (C=O) groups is 1. The van der Waals surface area contributed by atoms with E-state index in [0.717, 1.165) is 62.7 Å². The van der Waals surface area contributed by atoms with Gasteiger partial charge in [0.15, 0.2) is 0 Å². The summed E-state index contributed by atoms with van der Waals surface area (Å²) in [7, 11) is 0. The maximum Gasteiger partial charge on any atom is 0.297 e. The number of nitrogens with zero attached hydrogens (tertiary/aromatic N) is 4. The maximum atomic E-state index is 13.0. The Kier molecular flexibility index (Phi) is 4.41. The lowest BCUT2D eigenvalue weighted by atomic mass is 9.99. The molecule has 5 rings (SSSR count). The Morgan fingerprint density at radius 1 is 1.17 bits per heavy atom. The van der Waals surface area contributed by atoms with Gasteiger partial charge in [-0.3, -0.25) is 14.2 Å². The van der Waals surface area contributed by atoms with Gasteiger partial charge in [0, 0.05) is 18.8 Å². The van der Waals surface area contributed by atoms with Crippen molar-refractivity contribution in [1.82, 2.24) is 19.4 Å². The largest absolute Gasteiger partial charge is 0.430 e. The van der Waals surface area contributed by atoms with Crippen LogP contribution in [0.4, 0.5) is 0 Å². The van der Waals surface area contributed by atoms with Gasteiger partial charge < -0.3 is 9.32 Å². The zero-order chi connectivity index (χ0) is 20.1. The van der Waals surface area contributed by atoms with Gasteiger partial charge in [0.25, 0.3) is 5.56 Å². The molecule has 0 N–H and O–H groups in total. The second-order valence-electron chi connectivity index (χ2n) is 8.69. The monoisotopic (exact) mass is 394 g/mol. The van der Waals surface area contributed by atoms with Gasteiger partial charge in [-0.1, -0.05) is 13.8 Å². The van der Waals surface area contributed by atoms with E-state index >= 15 is 0 Å². The molecule has 0 spiro atoms. The highest BCUT2D eigenvalue weighted by Gasteiger charge is 2.26. The molecule has 3 aromatic heterocycles. The molecule has 0 aromatic carbocycles. The molecule has 4 heterocycles. The minimum absolute atomic E-state index is 0.00293.